The zero-order chi connectivity index (χ0) is 18.5. The van der Waals surface area contributed by atoms with E-state index in [-0.39, 0.29) is 16.8 Å². The van der Waals surface area contributed by atoms with Crippen LogP contribution in [0.5, 0.6) is 0 Å². The van der Waals surface area contributed by atoms with Crippen molar-refractivity contribution in [3.8, 4) is 0 Å². The summed E-state index contributed by atoms with van der Waals surface area (Å²) in [4.78, 5) is 11.7. The predicted molar refractivity (Wildman–Crippen MR) is 101 cm³/mol. The van der Waals surface area contributed by atoms with E-state index < -0.39 is 10.0 Å². The van der Waals surface area contributed by atoms with Crippen LogP contribution in [0.25, 0.3) is 10.9 Å². The lowest BCUT2D eigenvalue weighted by atomic mass is 9.89. The van der Waals surface area contributed by atoms with Crippen LogP contribution in [0, 0.1) is 6.92 Å². The number of hydrogen-bond acceptors (Lipinski definition) is 3. The number of benzene rings is 2. The maximum Gasteiger partial charge on any atom is 0.268 e. The molecule has 134 valence electrons. The highest BCUT2D eigenvalue weighted by atomic mass is 32.2. The van der Waals surface area contributed by atoms with Gasteiger partial charge in [-0.05, 0) is 49.1 Å². The molecular formula is C20H20N2O3S. The van der Waals surface area contributed by atoms with Gasteiger partial charge in [0.25, 0.3) is 10.0 Å². The maximum absolute atomic E-state index is 13.2. The molecule has 6 heteroatoms. The highest BCUT2D eigenvalue weighted by molar-refractivity contribution is 7.90. The van der Waals surface area contributed by atoms with Gasteiger partial charge in [0.1, 0.15) is 0 Å². The Morgan fingerprint density at radius 3 is 2.46 bits per heavy atom. The van der Waals surface area contributed by atoms with E-state index in [0.717, 1.165) is 22.1 Å². The number of amides is 1. The standard InChI is InChI=1S/C20H20N2O3S/c1-13-6-8-18(9-7-13)26(24,25)22-12-16-11-17(21-14(2)23)10-15-4-3-5-19(22)20(15)16/h3-9,12,17H,10-11H2,1-2H3,(H,21,23). The molecule has 0 fully saturated rings. The van der Waals surface area contributed by atoms with Crippen LogP contribution in [0.1, 0.15) is 23.6 Å². The Morgan fingerprint density at radius 1 is 1.08 bits per heavy atom. The van der Waals surface area contributed by atoms with Crippen LogP contribution in [0.2, 0.25) is 0 Å². The first-order chi connectivity index (χ1) is 12.4. The third-order valence-corrected chi connectivity index (χ3v) is 6.57. The molecule has 3 aromatic rings. The predicted octanol–water partition coefficient (Wildman–Crippen LogP) is 2.79. The smallest absolute Gasteiger partial charge is 0.268 e. The molecule has 0 spiro atoms. The molecule has 0 saturated carbocycles. The van der Waals surface area contributed by atoms with Gasteiger partial charge >= 0.3 is 0 Å². The lowest BCUT2D eigenvalue weighted by Gasteiger charge is -2.23. The van der Waals surface area contributed by atoms with Gasteiger partial charge in [-0.2, -0.15) is 0 Å². The van der Waals surface area contributed by atoms with Gasteiger partial charge in [0.2, 0.25) is 5.91 Å². The Kier molecular flexibility index (Phi) is 3.88. The van der Waals surface area contributed by atoms with Crippen molar-refractivity contribution < 1.29 is 13.2 Å². The number of rotatable bonds is 3. The minimum absolute atomic E-state index is 0.0106. The molecule has 0 radical (unpaired) electrons. The van der Waals surface area contributed by atoms with Crippen molar-refractivity contribution in [3.05, 3.63) is 65.4 Å². The monoisotopic (exact) mass is 368 g/mol. The summed E-state index contributed by atoms with van der Waals surface area (Å²) in [6.45, 7) is 3.43. The van der Waals surface area contributed by atoms with Crippen LogP contribution in [0.3, 0.4) is 0 Å². The van der Waals surface area contributed by atoms with Gasteiger partial charge < -0.3 is 5.32 Å². The van der Waals surface area contributed by atoms with Crippen molar-refractivity contribution in [2.75, 3.05) is 0 Å². The molecule has 1 aliphatic rings. The number of aryl methyl sites for hydroxylation is 1. The summed E-state index contributed by atoms with van der Waals surface area (Å²) in [6.07, 6.45) is 3.04. The minimum atomic E-state index is -3.67. The molecule has 1 amide bonds. The first-order valence-electron chi connectivity index (χ1n) is 8.57. The van der Waals surface area contributed by atoms with Gasteiger partial charge in [-0.25, -0.2) is 12.4 Å². The van der Waals surface area contributed by atoms with E-state index in [9.17, 15) is 13.2 Å². The normalized spacial score (nSPS) is 16.6. The molecule has 26 heavy (non-hydrogen) atoms. The molecular weight excluding hydrogens is 348 g/mol. The van der Waals surface area contributed by atoms with Crippen LogP contribution in [-0.4, -0.2) is 24.3 Å². The number of hydrogen-bond donors (Lipinski definition) is 1. The van der Waals surface area contributed by atoms with Gasteiger partial charge in [0.15, 0.2) is 0 Å². The largest absolute Gasteiger partial charge is 0.353 e. The third-order valence-electron chi connectivity index (χ3n) is 4.88. The lowest BCUT2D eigenvalue weighted by Crippen LogP contribution is -2.38. The SMILES string of the molecule is CC(=O)NC1Cc2cccc3c2c(cn3S(=O)(=O)c2ccc(C)cc2)C1. The van der Waals surface area contributed by atoms with Crippen molar-refractivity contribution in [2.24, 2.45) is 0 Å². The van der Waals surface area contributed by atoms with Gasteiger partial charge in [-0.3, -0.25) is 4.79 Å². The highest BCUT2D eigenvalue weighted by Crippen LogP contribution is 2.33. The average molecular weight is 368 g/mol. The van der Waals surface area contributed by atoms with Crippen molar-refractivity contribution >= 4 is 26.8 Å². The van der Waals surface area contributed by atoms with Crippen LogP contribution >= 0.6 is 0 Å². The number of aromatic nitrogens is 1. The fraction of sp³-hybridized carbons (Fsp3) is 0.250. The molecule has 1 atom stereocenters. The summed E-state index contributed by atoms with van der Waals surface area (Å²) in [5.74, 6) is -0.0719. The van der Waals surface area contributed by atoms with Gasteiger partial charge in [0, 0.05) is 24.5 Å². The second kappa shape index (κ2) is 5.99. The molecule has 0 bridgehead atoms. The van der Waals surface area contributed by atoms with Crippen molar-refractivity contribution in [2.45, 2.75) is 37.6 Å². The van der Waals surface area contributed by atoms with E-state index in [1.165, 1.54) is 10.9 Å². The molecule has 1 heterocycles. The molecule has 1 N–H and O–H groups in total. The summed E-state index contributed by atoms with van der Waals surface area (Å²) in [7, 11) is -3.67. The van der Waals surface area contributed by atoms with E-state index in [1.54, 1.807) is 30.5 Å². The first kappa shape index (κ1) is 16.8. The van der Waals surface area contributed by atoms with Crippen LogP contribution in [0.4, 0.5) is 0 Å². The second-order valence-electron chi connectivity index (χ2n) is 6.89. The van der Waals surface area contributed by atoms with Crippen LogP contribution in [-0.2, 0) is 27.7 Å². The summed E-state index contributed by atoms with van der Waals surface area (Å²) < 4.78 is 27.7. The second-order valence-corrected chi connectivity index (χ2v) is 8.70. The van der Waals surface area contributed by atoms with Gasteiger partial charge in [0.05, 0.1) is 10.4 Å². The Balaban J connectivity index is 1.86. The molecule has 0 saturated heterocycles. The molecule has 1 aromatic heterocycles. The minimum Gasteiger partial charge on any atom is -0.353 e. The average Bonchev–Trinajstić information content (AvgIpc) is 2.96. The Morgan fingerprint density at radius 2 is 1.77 bits per heavy atom. The highest BCUT2D eigenvalue weighted by Gasteiger charge is 2.27. The van der Waals surface area contributed by atoms with Crippen molar-refractivity contribution in [3.63, 3.8) is 0 Å². The third kappa shape index (κ3) is 2.70. The molecule has 4 rings (SSSR count). The molecule has 1 aliphatic carbocycles. The molecule has 5 nitrogen and oxygen atoms in total. The summed E-state index contributed by atoms with van der Waals surface area (Å²) in [6, 6.07) is 12.6. The quantitative estimate of drug-likeness (QED) is 0.773. The Labute approximate surface area is 152 Å². The Hall–Kier alpha value is -2.60. The maximum atomic E-state index is 13.2. The van der Waals surface area contributed by atoms with Crippen molar-refractivity contribution in [1.29, 1.82) is 0 Å². The summed E-state index contributed by atoms with van der Waals surface area (Å²) in [5.41, 5.74) is 3.73. The fourth-order valence-corrected chi connectivity index (χ4v) is 5.14. The van der Waals surface area contributed by atoms with Gasteiger partial charge in [-0.15, -0.1) is 0 Å². The zero-order valence-electron chi connectivity index (χ0n) is 14.7. The van der Waals surface area contributed by atoms with E-state index in [0.29, 0.717) is 18.4 Å². The van der Waals surface area contributed by atoms with Crippen molar-refractivity contribution in [1.82, 2.24) is 9.29 Å². The summed E-state index contributed by atoms with van der Waals surface area (Å²) in [5, 5.41) is 3.94. The zero-order valence-corrected chi connectivity index (χ0v) is 15.5. The fourth-order valence-electron chi connectivity index (χ4n) is 3.76. The molecule has 2 aromatic carbocycles. The summed E-state index contributed by atoms with van der Waals surface area (Å²) >= 11 is 0. The van der Waals surface area contributed by atoms with Gasteiger partial charge in [-0.1, -0.05) is 29.8 Å². The Bertz CT molecular complexity index is 1110. The molecule has 0 aliphatic heterocycles. The van der Waals surface area contributed by atoms with E-state index in [4.69, 9.17) is 0 Å². The first-order valence-corrected chi connectivity index (χ1v) is 10.0. The van der Waals surface area contributed by atoms with E-state index in [1.807, 2.05) is 25.1 Å². The van der Waals surface area contributed by atoms with E-state index in [2.05, 4.69) is 5.32 Å². The number of nitrogens with zero attached hydrogens (tertiary/aromatic N) is 1. The number of carbonyl (C=O) groups excluding carboxylic acids is 1. The topological polar surface area (TPSA) is 68.2 Å². The van der Waals surface area contributed by atoms with Crippen LogP contribution < -0.4 is 5.32 Å². The molecule has 1 unspecified atom stereocenters. The number of carbonyl (C=O) groups is 1. The lowest BCUT2D eigenvalue weighted by molar-refractivity contribution is -0.119. The van der Waals surface area contributed by atoms with E-state index >= 15 is 0 Å². The van der Waals surface area contributed by atoms with Crippen LogP contribution in [0.15, 0.2) is 53.6 Å². The number of nitrogens with one attached hydrogen (secondary N) is 1.